The first-order valence-corrected chi connectivity index (χ1v) is 6.37. The third-order valence-corrected chi connectivity index (χ3v) is 3.77. The van der Waals surface area contributed by atoms with Gasteiger partial charge in [-0.2, -0.15) is 0 Å². The molecule has 0 radical (unpaired) electrons. The van der Waals surface area contributed by atoms with Gasteiger partial charge in [0.05, 0.1) is 7.11 Å². The van der Waals surface area contributed by atoms with Gasteiger partial charge in [0.2, 0.25) is 0 Å². The Kier molecular flexibility index (Phi) is 2.62. The highest BCUT2D eigenvalue weighted by Gasteiger charge is 2.36. The highest BCUT2D eigenvalue weighted by atomic mass is 16.5. The minimum atomic E-state index is 0.475. The summed E-state index contributed by atoms with van der Waals surface area (Å²) >= 11 is 0. The monoisotopic (exact) mass is 242 g/mol. The van der Waals surface area contributed by atoms with Crippen LogP contribution in [0.25, 0.3) is 10.8 Å². The van der Waals surface area contributed by atoms with Gasteiger partial charge in [0.15, 0.2) is 0 Å². The zero-order chi connectivity index (χ0) is 12.6. The molecule has 2 aromatic rings. The van der Waals surface area contributed by atoms with Crippen LogP contribution < -0.4 is 10.1 Å². The largest absolute Gasteiger partial charge is 0.496 e. The summed E-state index contributed by atoms with van der Waals surface area (Å²) in [4.78, 5) is 4.45. The molecule has 3 rings (SSSR count). The van der Waals surface area contributed by atoms with Crippen molar-refractivity contribution in [2.45, 2.75) is 19.8 Å². The van der Waals surface area contributed by atoms with Crippen molar-refractivity contribution in [2.24, 2.45) is 5.41 Å². The van der Waals surface area contributed by atoms with E-state index in [-0.39, 0.29) is 0 Å². The van der Waals surface area contributed by atoms with Crippen LogP contribution >= 0.6 is 0 Å². The van der Waals surface area contributed by atoms with E-state index < -0.39 is 0 Å². The summed E-state index contributed by atoms with van der Waals surface area (Å²) in [7, 11) is 1.70. The van der Waals surface area contributed by atoms with E-state index in [1.807, 2.05) is 24.4 Å². The van der Waals surface area contributed by atoms with Crippen molar-refractivity contribution in [2.75, 3.05) is 19.0 Å². The van der Waals surface area contributed by atoms with E-state index in [1.54, 1.807) is 7.11 Å². The van der Waals surface area contributed by atoms with Gasteiger partial charge in [0.1, 0.15) is 11.6 Å². The molecule has 0 unspecified atom stereocenters. The number of pyridine rings is 1. The third kappa shape index (κ3) is 2.01. The molecular formula is C15H18N2O. The van der Waals surface area contributed by atoms with Crippen LogP contribution in [0.2, 0.25) is 0 Å². The molecule has 1 N–H and O–H groups in total. The van der Waals surface area contributed by atoms with Crippen LogP contribution in [0.4, 0.5) is 5.82 Å². The van der Waals surface area contributed by atoms with Crippen LogP contribution in [-0.2, 0) is 0 Å². The number of nitrogens with zero attached hydrogens (tertiary/aromatic N) is 1. The number of benzene rings is 1. The zero-order valence-electron chi connectivity index (χ0n) is 10.9. The van der Waals surface area contributed by atoms with Gasteiger partial charge in [-0.1, -0.05) is 19.1 Å². The Balaban J connectivity index is 1.96. The van der Waals surface area contributed by atoms with Crippen LogP contribution in [0, 0.1) is 5.41 Å². The molecule has 1 heterocycles. The van der Waals surface area contributed by atoms with Gasteiger partial charge in [-0.05, 0) is 30.4 Å². The molecule has 0 bridgehead atoms. The van der Waals surface area contributed by atoms with Crippen molar-refractivity contribution >= 4 is 16.6 Å². The minimum Gasteiger partial charge on any atom is -0.496 e. The Labute approximate surface area is 107 Å². The molecular weight excluding hydrogens is 224 g/mol. The molecule has 0 saturated heterocycles. The van der Waals surface area contributed by atoms with E-state index in [0.29, 0.717) is 5.41 Å². The van der Waals surface area contributed by atoms with E-state index in [2.05, 4.69) is 23.3 Å². The Hall–Kier alpha value is -1.77. The third-order valence-electron chi connectivity index (χ3n) is 3.77. The van der Waals surface area contributed by atoms with Gasteiger partial charge >= 0.3 is 0 Å². The lowest BCUT2D eigenvalue weighted by Crippen LogP contribution is -2.12. The highest BCUT2D eigenvalue weighted by Crippen LogP contribution is 2.45. The summed E-state index contributed by atoms with van der Waals surface area (Å²) in [5, 5.41) is 5.71. The Morgan fingerprint density at radius 1 is 1.28 bits per heavy atom. The molecule has 18 heavy (non-hydrogen) atoms. The van der Waals surface area contributed by atoms with Gasteiger partial charge < -0.3 is 10.1 Å². The summed E-state index contributed by atoms with van der Waals surface area (Å²) in [5.41, 5.74) is 0.475. The van der Waals surface area contributed by atoms with E-state index in [9.17, 15) is 0 Å². The molecule has 0 aliphatic heterocycles. The average Bonchev–Trinajstić information content (AvgIpc) is 3.14. The fourth-order valence-electron chi connectivity index (χ4n) is 2.18. The molecule has 1 aliphatic rings. The SMILES string of the molecule is COc1cccc2c(NCC3(C)CC3)nccc12. The van der Waals surface area contributed by atoms with Crippen LogP contribution in [-0.4, -0.2) is 18.6 Å². The normalized spacial score (nSPS) is 16.6. The lowest BCUT2D eigenvalue weighted by molar-refractivity contribution is 0.420. The summed E-state index contributed by atoms with van der Waals surface area (Å²) in [6, 6.07) is 8.07. The van der Waals surface area contributed by atoms with Crippen LogP contribution in [0.3, 0.4) is 0 Å². The zero-order valence-corrected chi connectivity index (χ0v) is 10.9. The first kappa shape index (κ1) is 11.3. The van der Waals surface area contributed by atoms with Crippen molar-refractivity contribution in [3.05, 3.63) is 30.5 Å². The van der Waals surface area contributed by atoms with Crippen molar-refractivity contribution in [3.63, 3.8) is 0 Å². The molecule has 1 aliphatic carbocycles. The van der Waals surface area contributed by atoms with Crippen molar-refractivity contribution in [3.8, 4) is 5.75 Å². The maximum absolute atomic E-state index is 5.38. The number of anilines is 1. The molecule has 1 fully saturated rings. The quantitative estimate of drug-likeness (QED) is 0.891. The minimum absolute atomic E-state index is 0.475. The second-order valence-electron chi connectivity index (χ2n) is 5.38. The number of fused-ring (bicyclic) bond motifs is 1. The molecule has 1 saturated carbocycles. The van der Waals surface area contributed by atoms with E-state index in [0.717, 1.165) is 28.9 Å². The molecule has 0 atom stereocenters. The van der Waals surface area contributed by atoms with Crippen molar-refractivity contribution < 1.29 is 4.74 Å². The summed E-state index contributed by atoms with van der Waals surface area (Å²) in [6.07, 6.45) is 4.46. The number of methoxy groups -OCH3 is 1. The Bertz CT molecular complexity index is 576. The maximum Gasteiger partial charge on any atom is 0.133 e. The maximum atomic E-state index is 5.38. The number of rotatable bonds is 4. The molecule has 3 heteroatoms. The van der Waals surface area contributed by atoms with Gasteiger partial charge in [-0.3, -0.25) is 0 Å². The molecule has 1 aromatic carbocycles. The number of hydrogen-bond acceptors (Lipinski definition) is 3. The molecule has 0 spiro atoms. The lowest BCUT2D eigenvalue weighted by Gasteiger charge is -2.13. The Morgan fingerprint density at radius 2 is 2.11 bits per heavy atom. The van der Waals surface area contributed by atoms with Gasteiger partial charge in [0.25, 0.3) is 0 Å². The summed E-state index contributed by atoms with van der Waals surface area (Å²) in [5.74, 6) is 1.86. The standard InChI is InChI=1S/C15H18N2O/c1-15(7-8-15)10-17-14-12-4-3-5-13(18-2)11(12)6-9-16-14/h3-6,9H,7-8,10H2,1-2H3,(H,16,17). The Morgan fingerprint density at radius 3 is 2.83 bits per heavy atom. The second-order valence-corrected chi connectivity index (χ2v) is 5.38. The molecule has 0 amide bonds. The topological polar surface area (TPSA) is 34.1 Å². The summed E-state index contributed by atoms with van der Waals surface area (Å²) in [6.45, 7) is 3.31. The molecule has 94 valence electrons. The van der Waals surface area contributed by atoms with Crippen molar-refractivity contribution in [1.82, 2.24) is 4.98 Å². The predicted octanol–water partition coefficient (Wildman–Crippen LogP) is 3.46. The van der Waals surface area contributed by atoms with E-state index >= 15 is 0 Å². The van der Waals surface area contributed by atoms with Crippen LogP contribution in [0.1, 0.15) is 19.8 Å². The number of aromatic nitrogens is 1. The number of nitrogens with one attached hydrogen (secondary N) is 1. The first-order valence-electron chi connectivity index (χ1n) is 6.37. The lowest BCUT2D eigenvalue weighted by atomic mass is 10.1. The summed E-state index contributed by atoms with van der Waals surface area (Å²) < 4.78 is 5.38. The smallest absolute Gasteiger partial charge is 0.133 e. The average molecular weight is 242 g/mol. The fraction of sp³-hybridized carbons (Fsp3) is 0.400. The first-order chi connectivity index (χ1) is 8.72. The molecule has 1 aromatic heterocycles. The van der Waals surface area contributed by atoms with Gasteiger partial charge in [-0.15, -0.1) is 0 Å². The van der Waals surface area contributed by atoms with Crippen LogP contribution in [0.15, 0.2) is 30.5 Å². The van der Waals surface area contributed by atoms with Crippen molar-refractivity contribution in [1.29, 1.82) is 0 Å². The predicted molar refractivity (Wildman–Crippen MR) is 74.1 cm³/mol. The number of hydrogen-bond donors (Lipinski definition) is 1. The fourth-order valence-corrected chi connectivity index (χ4v) is 2.18. The second kappa shape index (κ2) is 4.16. The van der Waals surface area contributed by atoms with Gasteiger partial charge in [0, 0.05) is 23.5 Å². The van der Waals surface area contributed by atoms with Gasteiger partial charge in [-0.25, -0.2) is 4.98 Å². The van der Waals surface area contributed by atoms with E-state index in [1.165, 1.54) is 12.8 Å². The van der Waals surface area contributed by atoms with Crippen LogP contribution in [0.5, 0.6) is 5.75 Å². The highest BCUT2D eigenvalue weighted by molar-refractivity contribution is 5.95. The number of ether oxygens (including phenoxy) is 1. The van der Waals surface area contributed by atoms with E-state index in [4.69, 9.17) is 4.74 Å². The molecule has 3 nitrogen and oxygen atoms in total.